The zero-order valence-electron chi connectivity index (χ0n) is 17.6. The van der Waals surface area contributed by atoms with Crippen molar-refractivity contribution >= 4 is 10.2 Å². The van der Waals surface area contributed by atoms with E-state index < -0.39 is 15.1 Å². The van der Waals surface area contributed by atoms with Gasteiger partial charge in [0.25, 0.3) is 0 Å². The van der Waals surface area contributed by atoms with Gasteiger partial charge in [0, 0.05) is 37.3 Å². The first kappa shape index (κ1) is 22.8. The molecule has 0 bridgehead atoms. The Morgan fingerprint density at radius 3 is 1.76 bits per heavy atom. The maximum absolute atomic E-state index is 13.1. The van der Waals surface area contributed by atoms with Crippen LogP contribution in [0.15, 0.2) is 29.2 Å². The monoisotopic (exact) mass is 440 g/mol. The molecule has 2 nitrogen and oxygen atoms in total. The van der Waals surface area contributed by atoms with E-state index in [1.807, 2.05) is 0 Å². The van der Waals surface area contributed by atoms with Gasteiger partial charge in [-0.05, 0) is 63.1 Å². The van der Waals surface area contributed by atoms with Crippen LogP contribution in [0.25, 0.3) is 0 Å². The van der Waals surface area contributed by atoms with Crippen molar-refractivity contribution in [2.45, 2.75) is 82.4 Å². The van der Waals surface area contributed by atoms with Gasteiger partial charge in [0.15, 0.2) is 0 Å². The minimum Gasteiger partial charge on any atom is -0.295 e. The quantitative estimate of drug-likeness (QED) is 0.408. The largest absolute Gasteiger partial charge is 0.310 e. The fourth-order valence-electron chi connectivity index (χ4n) is 4.76. The summed E-state index contributed by atoms with van der Waals surface area (Å²) in [7, 11) is -9.63. The lowest BCUT2D eigenvalue weighted by Gasteiger charge is -2.51. The molecule has 1 aliphatic carbocycles. The van der Waals surface area contributed by atoms with Gasteiger partial charge in [-0.3, -0.25) is 9.80 Å². The zero-order valence-corrected chi connectivity index (χ0v) is 18.4. The Balaban J connectivity index is 1.92. The molecule has 3 atom stereocenters. The van der Waals surface area contributed by atoms with E-state index in [1.54, 1.807) is 0 Å². The van der Waals surface area contributed by atoms with Crippen molar-refractivity contribution in [3.8, 4) is 0 Å². The van der Waals surface area contributed by atoms with E-state index in [-0.39, 0.29) is 6.04 Å². The third-order valence-electron chi connectivity index (χ3n) is 6.48. The number of rotatable bonds is 7. The van der Waals surface area contributed by atoms with Gasteiger partial charge in [0.2, 0.25) is 0 Å². The van der Waals surface area contributed by atoms with Crippen LogP contribution < -0.4 is 0 Å². The van der Waals surface area contributed by atoms with Crippen molar-refractivity contribution in [2.24, 2.45) is 5.92 Å². The number of benzene rings is 1. The summed E-state index contributed by atoms with van der Waals surface area (Å²) in [6, 6.07) is 4.84. The van der Waals surface area contributed by atoms with E-state index >= 15 is 0 Å². The van der Waals surface area contributed by atoms with Crippen molar-refractivity contribution in [1.29, 1.82) is 0 Å². The standard InChI is InChI=1S/C21H33F5N2S/c1-5-18-14-28(19(6-2)13-27(18)15(3)4)21(16-7-8-16)17-9-11-20(12-10-17)29(22,23,24,25)26/h9-12,15-16,18-19,21H,5-8,13-14H2,1-4H3/t18-,19+,21-/m0/s1. The Hall–Kier alpha value is -0.860. The molecule has 3 rings (SSSR count). The van der Waals surface area contributed by atoms with Crippen LogP contribution in [-0.2, 0) is 0 Å². The molecule has 2 aliphatic rings. The second-order valence-electron chi connectivity index (χ2n) is 8.93. The van der Waals surface area contributed by atoms with Gasteiger partial charge >= 0.3 is 10.2 Å². The van der Waals surface area contributed by atoms with E-state index in [2.05, 4.69) is 37.5 Å². The molecule has 0 unspecified atom stereocenters. The van der Waals surface area contributed by atoms with Crippen LogP contribution in [0.2, 0.25) is 0 Å². The topological polar surface area (TPSA) is 6.48 Å². The Kier molecular flexibility index (Phi) is 5.58. The third kappa shape index (κ3) is 5.07. The molecule has 8 heteroatoms. The molecule has 1 saturated heterocycles. The average molecular weight is 441 g/mol. The first-order valence-electron chi connectivity index (χ1n) is 10.6. The van der Waals surface area contributed by atoms with Gasteiger partial charge in [0.1, 0.15) is 4.90 Å². The van der Waals surface area contributed by atoms with Crippen LogP contribution in [0.1, 0.15) is 65.0 Å². The second-order valence-corrected chi connectivity index (χ2v) is 11.3. The molecule has 1 saturated carbocycles. The highest BCUT2D eigenvalue weighted by molar-refractivity contribution is 8.45. The van der Waals surface area contributed by atoms with Crippen LogP contribution in [0.5, 0.6) is 0 Å². The van der Waals surface area contributed by atoms with Crippen molar-refractivity contribution in [3.63, 3.8) is 0 Å². The summed E-state index contributed by atoms with van der Waals surface area (Å²) in [6.45, 7) is 10.5. The van der Waals surface area contributed by atoms with Gasteiger partial charge in [-0.2, -0.15) is 0 Å². The van der Waals surface area contributed by atoms with Gasteiger partial charge in [-0.15, -0.1) is 0 Å². The Morgan fingerprint density at radius 1 is 0.862 bits per heavy atom. The predicted molar refractivity (Wildman–Crippen MR) is 110 cm³/mol. The molecule has 0 N–H and O–H groups in total. The highest BCUT2D eigenvalue weighted by Crippen LogP contribution is 3.02. The van der Waals surface area contributed by atoms with Crippen LogP contribution >= 0.6 is 10.2 Å². The summed E-state index contributed by atoms with van der Waals surface area (Å²) >= 11 is 0. The van der Waals surface area contributed by atoms with E-state index in [1.165, 1.54) is 12.1 Å². The molecule has 0 amide bonds. The summed E-state index contributed by atoms with van der Waals surface area (Å²) in [5.41, 5.74) is 0.726. The van der Waals surface area contributed by atoms with E-state index in [0.29, 0.717) is 36.2 Å². The molecule has 2 fully saturated rings. The van der Waals surface area contributed by atoms with Crippen LogP contribution in [-0.4, -0.2) is 41.0 Å². The maximum Gasteiger partial charge on any atom is 0.310 e. The minimum atomic E-state index is -9.63. The smallest absolute Gasteiger partial charge is 0.295 e. The number of hydrogen-bond acceptors (Lipinski definition) is 2. The number of nitrogens with zero attached hydrogens (tertiary/aromatic N) is 2. The normalized spacial score (nSPS) is 28.2. The van der Waals surface area contributed by atoms with Crippen LogP contribution in [0.4, 0.5) is 19.4 Å². The maximum atomic E-state index is 13.1. The van der Waals surface area contributed by atoms with Crippen LogP contribution in [0, 0.1) is 5.92 Å². The molecule has 0 aromatic heterocycles. The van der Waals surface area contributed by atoms with Crippen molar-refractivity contribution < 1.29 is 19.4 Å². The molecular formula is C21H33F5N2S. The van der Waals surface area contributed by atoms with Crippen molar-refractivity contribution in [3.05, 3.63) is 29.8 Å². The SMILES string of the molecule is CC[C@H]1CN([C@H](c2ccc(S(F)(F)(F)(F)F)cc2)C2CC2)[C@H](CC)CN1C(C)C. The zero-order chi connectivity index (χ0) is 21.7. The lowest BCUT2D eigenvalue weighted by Crippen LogP contribution is -2.60. The number of hydrogen-bond donors (Lipinski definition) is 0. The van der Waals surface area contributed by atoms with Gasteiger partial charge in [-0.1, -0.05) is 45.4 Å². The molecule has 168 valence electrons. The first-order chi connectivity index (χ1) is 13.2. The molecule has 1 aromatic rings. The lowest BCUT2D eigenvalue weighted by molar-refractivity contribution is -0.0220. The molecule has 29 heavy (non-hydrogen) atoms. The van der Waals surface area contributed by atoms with E-state index in [9.17, 15) is 19.4 Å². The highest BCUT2D eigenvalue weighted by atomic mass is 32.5. The summed E-state index contributed by atoms with van der Waals surface area (Å²) in [5, 5.41) is 0. The van der Waals surface area contributed by atoms with E-state index in [4.69, 9.17) is 0 Å². The molecular weight excluding hydrogens is 407 g/mol. The Bertz CT molecular complexity index is 715. The number of piperazine rings is 1. The fraction of sp³-hybridized carbons (Fsp3) is 0.714. The molecule has 1 aromatic carbocycles. The average Bonchev–Trinajstić information content (AvgIpc) is 3.44. The fourth-order valence-corrected chi connectivity index (χ4v) is 5.41. The third-order valence-corrected chi connectivity index (χ3v) is 7.64. The van der Waals surface area contributed by atoms with Crippen molar-refractivity contribution in [2.75, 3.05) is 13.1 Å². The molecule has 0 radical (unpaired) electrons. The lowest BCUT2D eigenvalue weighted by atomic mass is 9.93. The summed E-state index contributed by atoms with van der Waals surface area (Å²) in [5.74, 6) is 0.387. The van der Waals surface area contributed by atoms with Gasteiger partial charge < -0.3 is 0 Å². The highest BCUT2D eigenvalue weighted by Gasteiger charge is 2.65. The van der Waals surface area contributed by atoms with Crippen LogP contribution in [0.3, 0.4) is 0 Å². The number of halogens is 5. The Labute approximate surface area is 171 Å². The summed E-state index contributed by atoms with van der Waals surface area (Å²) in [6.07, 6.45) is 4.02. The minimum absolute atomic E-state index is 0.00381. The van der Waals surface area contributed by atoms with E-state index in [0.717, 1.165) is 44.3 Å². The summed E-state index contributed by atoms with van der Waals surface area (Å²) < 4.78 is 65.6. The molecule has 0 spiro atoms. The van der Waals surface area contributed by atoms with Crippen molar-refractivity contribution in [1.82, 2.24) is 9.80 Å². The molecule has 1 heterocycles. The second kappa shape index (κ2) is 7.09. The summed E-state index contributed by atoms with van der Waals surface area (Å²) in [4.78, 5) is 3.16. The first-order valence-corrected chi connectivity index (χ1v) is 12.6. The van der Waals surface area contributed by atoms with Gasteiger partial charge in [-0.25, -0.2) is 0 Å². The van der Waals surface area contributed by atoms with Gasteiger partial charge in [0.05, 0.1) is 0 Å². The predicted octanol–water partition coefficient (Wildman–Crippen LogP) is 7.38. The Morgan fingerprint density at radius 2 is 1.34 bits per heavy atom. The molecule has 1 aliphatic heterocycles.